The van der Waals surface area contributed by atoms with Crippen molar-refractivity contribution in [2.75, 3.05) is 6.54 Å². The fourth-order valence-electron chi connectivity index (χ4n) is 1.43. The molecule has 5 heteroatoms. The van der Waals surface area contributed by atoms with Crippen LogP contribution in [0.2, 0.25) is 0 Å². The molecule has 1 saturated heterocycles. The first-order valence-corrected chi connectivity index (χ1v) is 3.96. The summed E-state index contributed by atoms with van der Waals surface area (Å²) in [7, 11) is 0. The zero-order valence-corrected chi connectivity index (χ0v) is 8.77. The zero-order chi connectivity index (χ0) is 7.52. The van der Waals surface area contributed by atoms with Crippen molar-refractivity contribution in [3.05, 3.63) is 24.3 Å². The van der Waals surface area contributed by atoms with Gasteiger partial charge in [-0.25, -0.2) is 0 Å². The molecule has 13 heavy (non-hydrogen) atoms. The molecular weight excluding hydrogens is 209 g/mol. The molecule has 1 atom stereocenters. The van der Waals surface area contributed by atoms with Gasteiger partial charge in [-0.15, -0.1) is 24.8 Å². The van der Waals surface area contributed by atoms with Crippen LogP contribution in [0, 0.1) is 0 Å². The van der Waals surface area contributed by atoms with E-state index in [2.05, 4.69) is 15.3 Å². The van der Waals surface area contributed by atoms with Crippen molar-refractivity contribution in [2.45, 2.75) is 18.9 Å². The molecule has 1 aromatic rings. The van der Waals surface area contributed by atoms with Gasteiger partial charge in [0.1, 0.15) is 0 Å². The summed E-state index contributed by atoms with van der Waals surface area (Å²) < 4.78 is 0. The van der Waals surface area contributed by atoms with Crippen LogP contribution in [-0.2, 0) is 0 Å². The van der Waals surface area contributed by atoms with E-state index in [0.29, 0.717) is 6.04 Å². The second kappa shape index (κ2) is 6.13. The number of hydrogen-bond acceptors (Lipinski definition) is 3. The molecule has 0 aromatic carbocycles. The number of halogens is 2. The quantitative estimate of drug-likeness (QED) is 0.786. The van der Waals surface area contributed by atoms with E-state index in [0.717, 1.165) is 12.2 Å². The molecule has 3 nitrogen and oxygen atoms in total. The van der Waals surface area contributed by atoms with Gasteiger partial charge in [0, 0.05) is 18.6 Å². The highest BCUT2D eigenvalue weighted by atomic mass is 35.5. The molecule has 1 aliphatic heterocycles. The molecule has 0 spiro atoms. The third kappa shape index (κ3) is 3.10. The Balaban J connectivity index is 0.000000720. The molecule has 0 saturated carbocycles. The zero-order valence-electron chi connectivity index (χ0n) is 7.14. The Morgan fingerprint density at radius 1 is 1.31 bits per heavy atom. The molecule has 0 radical (unpaired) electrons. The highest BCUT2D eigenvalue weighted by Crippen LogP contribution is 2.19. The van der Waals surface area contributed by atoms with E-state index in [4.69, 9.17) is 0 Å². The lowest BCUT2D eigenvalue weighted by Crippen LogP contribution is -2.14. The van der Waals surface area contributed by atoms with Crippen LogP contribution in [0.25, 0.3) is 0 Å². The summed E-state index contributed by atoms with van der Waals surface area (Å²) in [4.78, 5) is 8.26. The van der Waals surface area contributed by atoms with Crippen molar-refractivity contribution in [3.8, 4) is 0 Å². The molecule has 1 unspecified atom stereocenters. The Bertz CT molecular complexity index is 224. The van der Waals surface area contributed by atoms with E-state index in [1.807, 2.05) is 6.20 Å². The summed E-state index contributed by atoms with van der Waals surface area (Å²) in [5, 5.41) is 3.37. The minimum Gasteiger partial charge on any atom is -0.309 e. The number of rotatable bonds is 1. The molecule has 74 valence electrons. The van der Waals surface area contributed by atoms with Crippen LogP contribution in [0.1, 0.15) is 24.6 Å². The van der Waals surface area contributed by atoms with Crippen molar-refractivity contribution in [1.82, 2.24) is 15.3 Å². The molecule has 0 amide bonds. The van der Waals surface area contributed by atoms with Gasteiger partial charge in [-0.3, -0.25) is 9.97 Å². The van der Waals surface area contributed by atoms with E-state index in [-0.39, 0.29) is 24.8 Å². The predicted octanol–water partition coefficient (Wildman–Crippen LogP) is 1.74. The maximum atomic E-state index is 4.24. The van der Waals surface area contributed by atoms with E-state index >= 15 is 0 Å². The fraction of sp³-hybridized carbons (Fsp3) is 0.500. The minimum absolute atomic E-state index is 0. The van der Waals surface area contributed by atoms with Crippen molar-refractivity contribution in [2.24, 2.45) is 0 Å². The molecule has 0 aliphatic carbocycles. The summed E-state index contributed by atoms with van der Waals surface area (Å²) in [5.74, 6) is 0. The van der Waals surface area contributed by atoms with Gasteiger partial charge in [0.05, 0.1) is 11.7 Å². The summed E-state index contributed by atoms with van der Waals surface area (Å²) in [6.45, 7) is 1.11. The van der Waals surface area contributed by atoms with E-state index in [1.54, 1.807) is 12.4 Å². The summed E-state index contributed by atoms with van der Waals surface area (Å²) in [6.07, 6.45) is 7.73. The van der Waals surface area contributed by atoms with Crippen molar-refractivity contribution in [3.63, 3.8) is 0 Å². The van der Waals surface area contributed by atoms with Gasteiger partial charge in [0.2, 0.25) is 0 Å². The molecule has 1 N–H and O–H groups in total. The average Bonchev–Trinajstić information content (AvgIpc) is 2.58. The van der Waals surface area contributed by atoms with Gasteiger partial charge in [0.15, 0.2) is 0 Å². The summed E-state index contributed by atoms with van der Waals surface area (Å²) >= 11 is 0. The van der Waals surface area contributed by atoms with Crippen molar-refractivity contribution < 1.29 is 0 Å². The standard InChI is InChI=1S/C8H11N3.2ClH/c1-2-7(10-3-1)8-6-9-4-5-11-8;;/h4-7,10H,1-3H2;2*1H. The molecule has 1 fully saturated rings. The second-order valence-corrected chi connectivity index (χ2v) is 2.78. The second-order valence-electron chi connectivity index (χ2n) is 2.78. The van der Waals surface area contributed by atoms with Crippen molar-refractivity contribution >= 4 is 24.8 Å². The van der Waals surface area contributed by atoms with E-state index in [9.17, 15) is 0 Å². The molecule has 1 aromatic heterocycles. The molecule has 2 rings (SSSR count). The highest BCUT2D eigenvalue weighted by molar-refractivity contribution is 5.85. The smallest absolute Gasteiger partial charge is 0.0756 e. The Hall–Kier alpha value is -0.380. The number of nitrogens with zero attached hydrogens (tertiary/aromatic N) is 2. The lowest BCUT2D eigenvalue weighted by atomic mass is 10.2. The third-order valence-electron chi connectivity index (χ3n) is 2.00. The Morgan fingerprint density at radius 2 is 2.15 bits per heavy atom. The first-order chi connectivity index (χ1) is 5.47. The topological polar surface area (TPSA) is 37.8 Å². The minimum atomic E-state index is 0. The van der Waals surface area contributed by atoms with Gasteiger partial charge in [-0.1, -0.05) is 0 Å². The SMILES string of the molecule is Cl.Cl.c1cnc(C2CCCN2)cn1. The van der Waals surface area contributed by atoms with Crippen LogP contribution in [0.15, 0.2) is 18.6 Å². The average molecular weight is 222 g/mol. The number of nitrogens with one attached hydrogen (secondary N) is 1. The Labute approximate surface area is 90.2 Å². The highest BCUT2D eigenvalue weighted by Gasteiger charge is 2.16. The lowest BCUT2D eigenvalue weighted by Gasteiger charge is -2.06. The van der Waals surface area contributed by atoms with Gasteiger partial charge < -0.3 is 5.32 Å². The van der Waals surface area contributed by atoms with Gasteiger partial charge in [-0.2, -0.15) is 0 Å². The third-order valence-corrected chi connectivity index (χ3v) is 2.00. The first kappa shape index (κ1) is 12.6. The van der Waals surface area contributed by atoms with Crippen molar-refractivity contribution in [1.29, 1.82) is 0 Å². The normalized spacial score (nSPS) is 20.2. The number of hydrogen-bond donors (Lipinski definition) is 1. The number of aromatic nitrogens is 2. The Kier molecular flexibility index (Phi) is 5.95. The van der Waals surface area contributed by atoms with Crippen LogP contribution >= 0.6 is 24.8 Å². The van der Waals surface area contributed by atoms with Gasteiger partial charge in [-0.05, 0) is 19.4 Å². The van der Waals surface area contributed by atoms with Crippen LogP contribution < -0.4 is 5.32 Å². The Morgan fingerprint density at radius 3 is 2.69 bits per heavy atom. The predicted molar refractivity (Wildman–Crippen MR) is 56.5 cm³/mol. The van der Waals surface area contributed by atoms with E-state index < -0.39 is 0 Å². The molecule has 2 heterocycles. The maximum absolute atomic E-state index is 4.24. The monoisotopic (exact) mass is 221 g/mol. The van der Waals surface area contributed by atoms with Crippen LogP contribution in [0.5, 0.6) is 0 Å². The fourth-order valence-corrected chi connectivity index (χ4v) is 1.43. The maximum Gasteiger partial charge on any atom is 0.0756 e. The van der Waals surface area contributed by atoms with E-state index in [1.165, 1.54) is 12.8 Å². The molecule has 1 aliphatic rings. The lowest BCUT2D eigenvalue weighted by molar-refractivity contribution is 0.624. The summed E-state index contributed by atoms with van der Waals surface area (Å²) in [6, 6.07) is 0.448. The molecule has 0 bridgehead atoms. The van der Waals surface area contributed by atoms with Crippen LogP contribution in [0.4, 0.5) is 0 Å². The largest absolute Gasteiger partial charge is 0.309 e. The molecular formula is C8H13Cl2N3. The van der Waals surface area contributed by atoms with Crippen LogP contribution in [-0.4, -0.2) is 16.5 Å². The van der Waals surface area contributed by atoms with Gasteiger partial charge >= 0.3 is 0 Å². The first-order valence-electron chi connectivity index (χ1n) is 3.96. The van der Waals surface area contributed by atoms with Crippen LogP contribution in [0.3, 0.4) is 0 Å². The van der Waals surface area contributed by atoms with Gasteiger partial charge in [0.25, 0.3) is 0 Å². The summed E-state index contributed by atoms with van der Waals surface area (Å²) in [5.41, 5.74) is 1.07.